The van der Waals surface area contributed by atoms with E-state index in [1.807, 2.05) is 6.92 Å². The molecule has 1 unspecified atom stereocenters. The zero-order valence-electron chi connectivity index (χ0n) is 9.81. The van der Waals surface area contributed by atoms with Crippen molar-refractivity contribution in [2.24, 2.45) is 5.41 Å². The molecule has 1 fully saturated rings. The Hall–Kier alpha value is -0.120. The molecule has 0 saturated carbocycles. The van der Waals surface area contributed by atoms with Crippen molar-refractivity contribution in [1.82, 2.24) is 10.2 Å². The maximum Gasteiger partial charge on any atom is 0.0593 e. The quantitative estimate of drug-likeness (QED) is 0.646. The van der Waals surface area contributed by atoms with Crippen LogP contribution in [0, 0.1) is 5.41 Å². The molecule has 0 bridgehead atoms. The average Bonchev–Trinajstić information content (AvgIpc) is 2.52. The van der Waals surface area contributed by atoms with E-state index in [1.54, 1.807) is 0 Å². The highest BCUT2D eigenvalue weighted by atomic mass is 16.5. The summed E-state index contributed by atoms with van der Waals surface area (Å²) in [5, 5.41) is 3.43. The first-order valence-corrected chi connectivity index (χ1v) is 5.63. The molecular weight excluding hydrogens is 176 g/mol. The summed E-state index contributed by atoms with van der Waals surface area (Å²) in [6.45, 7) is 10.6. The first kappa shape index (κ1) is 12.0. The minimum Gasteiger partial charge on any atom is -0.380 e. The van der Waals surface area contributed by atoms with Crippen molar-refractivity contribution in [1.29, 1.82) is 0 Å². The molecule has 1 atom stereocenters. The Labute approximate surface area is 87.8 Å². The van der Waals surface area contributed by atoms with Gasteiger partial charge in [-0.15, -0.1) is 0 Å². The highest BCUT2D eigenvalue weighted by Gasteiger charge is 2.29. The summed E-state index contributed by atoms with van der Waals surface area (Å²) >= 11 is 0. The third-order valence-electron chi connectivity index (χ3n) is 2.93. The van der Waals surface area contributed by atoms with Crippen LogP contribution in [0.3, 0.4) is 0 Å². The van der Waals surface area contributed by atoms with Gasteiger partial charge in [-0.05, 0) is 32.4 Å². The van der Waals surface area contributed by atoms with Crippen molar-refractivity contribution in [2.45, 2.75) is 20.3 Å². The molecule has 1 N–H and O–H groups in total. The van der Waals surface area contributed by atoms with E-state index in [9.17, 15) is 0 Å². The highest BCUT2D eigenvalue weighted by molar-refractivity contribution is 4.85. The Morgan fingerprint density at radius 1 is 1.50 bits per heavy atom. The standard InChI is InChI=1S/C11H24N2O/c1-4-14-8-7-13(3)10-11(2)5-6-12-9-11/h12H,4-10H2,1-3H3. The molecule has 1 aliphatic rings. The molecule has 0 amide bonds. The smallest absolute Gasteiger partial charge is 0.0593 e. The Kier molecular flexibility index (Phi) is 4.85. The predicted octanol–water partition coefficient (Wildman–Crippen LogP) is 0.954. The van der Waals surface area contributed by atoms with Crippen LogP contribution in [-0.4, -0.2) is 51.3 Å². The molecule has 0 aromatic heterocycles. The van der Waals surface area contributed by atoms with Crippen LogP contribution < -0.4 is 5.32 Å². The van der Waals surface area contributed by atoms with Crippen LogP contribution in [0.4, 0.5) is 0 Å². The molecule has 3 nitrogen and oxygen atoms in total. The van der Waals surface area contributed by atoms with Crippen LogP contribution in [0.15, 0.2) is 0 Å². The van der Waals surface area contributed by atoms with Gasteiger partial charge in [-0.2, -0.15) is 0 Å². The molecule has 84 valence electrons. The summed E-state index contributed by atoms with van der Waals surface area (Å²) < 4.78 is 5.34. The minimum absolute atomic E-state index is 0.473. The van der Waals surface area contributed by atoms with E-state index in [2.05, 4.69) is 24.2 Å². The second-order valence-electron chi connectivity index (χ2n) is 4.67. The summed E-state index contributed by atoms with van der Waals surface area (Å²) in [4.78, 5) is 2.38. The number of hydrogen-bond acceptors (Lipinski definition) is 3. The Bertz CT molecular complexity index is 155. The largest absolute Gasteiger partial charge is 0.380 e. The number of likely N-dealkylation sites (N-methyl/N-ethyl adjacent to an activating group) is 1. The maximum atomic E-state index is 5.34. The lowest BCUT2D eigenvalue weighted by atomic mass is 9.89. The van der Waals surface area contributed by atoms with Crippen LogP contribution >= 0.6 is 0 Å². The van der Waals surface area contributed by atoms with E-state index in [4.69, 9.17) is 4.74 Å². The van der Waals surface area contributed by atoms with Gasteiger partial charge in [-0.25, -0.2) is 0 Å². The molecule has 3 heteroatoms. The summed E-state index contributed by atoms with van der Waals surface area (Å²) in [7, 11) is 2.18. The molecular formula is C11H24N2O. The van der Waals surface area contributed by atoms with Crippen molar-refractivity contribution in [3.8, 4) is 0 Å². The summed E-state index contributed by atoms with van der Waals surface area (Å²) in [6.07, 6.45) is 1.30. The van der Waals surface area contributed by atoms with Gasteiger partial charge in [0.25, 0.3) is 0 Å². The van der Waals surface area contributed by atoms with Gasteiger partial charge in [-0.3, -0.25) is 0 Å². The molecule has 1 saturated heterocycles. The summed E-state index contributed by atoms with van der Waals surface area (Å²) in [5.41, 5.74) is 0.473. The monoisotopic (exact) mass is 200 g/mol. The molecule has 0 radical (unpaired) electrons. The van der Waals surface area contributed by atoms with Gasteiger partial charge in [0, 0.05) is 26.2 Å². The summed E-state index contributed by atoms with van der Waals surface area (Å²) in [5.74, 6) is 0. The van der Waals surface area contributed by atoms with Crippen LogP contribution in [-0.2, 0) is 4.74 Å². The fraction of sp³-hybridized carbons (Fsp3) is 1.00. The molecule has 0 spiro atoms. The van der Waals surface area contributed by atoms with E-state index < -0.39 is 0 Å². The summed E-state index contributed by atoms with van der Waals surface area (Å²) in [6, 6.07) is 0. The zero-order chi connectivity index (χ0) is 10.4. The van der Waals surface area contributed by atoms with E-state index in [1.165, 1.54) is 19.5 Å². The van der Waals surface area contributed by atoms with E-state index >= 15 is 0 Å². The molecule has 1 rings (SSSR count). The Morgan fingerprint density at radius 3 is 2.86 bits per heavy atom. The van der Waals surface area contributed by atoms with Gasteiger partial charge < -0.3 is 15.0 Å². The van der Waals surface area contributed by atoms with Gasteiger partial charge in [0.2, 0.25) is 0 Å². The van der Waals surface area contributed by atoms with Crippen LogP contribution in [0.5, 0.6) is 0 Å². The lowest BCUT2D eigenvalue weighted by Crippen LogP contribution is -2.36. The third-order valence-corrected chi connectivity index (χ3v) is 2.93. The van der Waals surface area contributed by atoms with E-state index in [-0.39, 0.29) is 0 Å². The predicted molar refractivity (Wildman–Crippen MR) is 59.6 cm³/mol. The molecule has 1 heterocycles. The molecule has 0 aromatic carbocycles. The Balaban J connectivity index is 2.15. The zero-order valence-corrected chi connectivity index (χ0v) is 9.81. The van der Waals surface area contributed by atoms with E-state index in [0.717, 1.165) is 26.3 Å². The molecule has 1 aliphatic heterocycles. The molecule has 14 heavy (non-hydrogen) atoms. The van der Waals surface area contributed by atoms with Gasteiger partial charge in [0.05, 0.1) is 6.61 Å². The second kappa shape index (κ2) is 5.69. The van der Waals surface area contributed by atoms with Crippen LogP contribution in [0.25, 0.3) is 0 Å². The average molecular weight is 200 g/mol. The van der Waals surface area contributed by atoms with Crippen molar-refractivity contribution >= 4 is 0 Å². The van der Waals surface area contributed by atoms with Crippen molar-refractivity contribution in [3.05, 3.63) is 0 Å². The molecule has 0 aromatic rings. The lowest BCUT2D eigenvalue weighted by molar-refractivity contribution is 0.107. The van der Waals surface area contributed by atoms with Crippen LogP contribution in [0.1, 0.15) is 20.3 Å². The molecule has 0 aliphatic carbocycles. The first-order valence-electron chi connectivity index (χ1n) is 5.63. The lowest BCUT2D eigenvalue weighted by Gasteiger charge is -2.29. The fourth-order valence-corrected chi connectivity index (χ4v) is 2.10. The van der Waals surface area contributed by atoms with Gasteiger partial charge >= 0.3 is 0 Å². The maximum absolute atomic E-state index is 5.34. The number of ether oxygens (including phenoxy) is 1. The van der Waals surface area contributed by atoms with Gasteiger partial charge in [0.15, 0.2) is 0 Å². The van der Waals surface area contributed by atoms with Gasteiger partial charge in [-0.1, -0.05) is 6.92 Å². The van der Waals surface area contributed by atoms with Crippen molar-refractivity contribution < 1.29 is 4.74 Å². The fourth-order valence-electron chi connectivity index (χ4n) is 2.10. The SMILES string of the molecule is CCOCCN(C)CC1(C)CCNC1. The second-order valence-corrected chi connectivity index (χ2v) is 4.67. The number of nitrogens with zero attached hydrogens (tertiary/aromatic N) is 1. The van der Waals surface area contributed by atoms with Crippen molar-refractivity contribution in [3.63, 3.8) is 0 Å². The Morgan fingerprint density at radius 2 is 2.29 bits per heavy atom. The first-order chi connectivity index (χ1) is 6.66. The normalized spacial score (nSPS) is 27.4. The highest BCUT2D eigenvalue weighted by Crippen LogP contribution is 2.24. The number of hydrogen-bond donors (Lipinski definition) is 1. The third kappa shape index (κ3) is 3.95. The van der Waals surface area contributed by atoms with Crippen molar-refractivity contribution in [2.75, 3.05) is 46.4 Å². The van der Waals surface area contributed by atoms with Crippen LogP contribution in [0.2, 0.25) is 0 Å². The minimum atomic E-state index is 0.473. The topological polar surface area (TPSA) is 24.5 Å². The van der Waals surface area contributed by atoms with E-state index in [0.29, 0.717) is 5.41 Å². The number of rotatable bonds is 6. The number of nitrogens with one attached hydrogen (secondary N) is 1. The van der Waals surface area contributed by atoms with Gasteiger partial charge in [0.1, 0.15) is 0 Å².